The molecule has 0 saturated heterocycles. The maximum absolute atomic E-state index is 12.1. The Kier molecular flexibility index (Phi) is 4.32. The van der Waals surface area contributed by atoms with Gasteiger partial charge in [0.05, 0.1) is 9.92 Å². The van der Waals surface area contributed by atoms with Gasteiger partial charge in [-0.15, -0.1) is 0 Å². The van der Waals surface area contributed by atoms with E-state index in [1.54, 1.807) is 18.2 Å². The van der Waals surface area contributed by atoms with Crippen LogP contribution < -0.4 is 0 Å². The van der Waals surface area contributed by atoms with E-state index in [0.29, 0.717) is 0 Å². The maximum Gasteiger partial charge on any atom is 0.231 e. The lowest BCUT2D eigenvalue weighted by atomic mass is 10.1. The Balaban J connectivity index is 3.09. The number of rotatable bonds is 4. The van der Waals surface area contributed by atoms with E-state index in [1.165, 1.54) is 6.07 Å². The van der Waals surface area contributed by atoms with Crippen molar-refractivity contribution in [2.45, 2.75) is 36.8 Å². The summed E-state index contributed by atoms with van der Waals surface area (Å²) in [6.45, 7) is 5.78. The van der Waals surface area contributed by atoms with Crippen molar-refractivity contribution >= 4 is 31.3 Å². The van der Waals surface area contributed by atoms with Crippen molar-refractivity contribution in [1.82, 2.24) is 0 Å². The van der Waals surface area contributed by atoms with Crippen molar-refractivity contribution in [3.8, 4) is 0 Å². The number of halogens is 1. The summed E-state index contributed by atoms with van der Waals surface area (Å²) in [4.78, 5) is 0.197. The van der Waals surface area contributed by atoms with Gasteiger partial charge < -0.3 is 0 Å². The smallest absolute Gasteiger partial charge is 0.212 e. The van der Waals surface area contributed by atoms with Crippen LogP contribution in [0.15, 0.2) is 29.2 Å². The predicted octanol–water partition coefficient (Wildman–Crippen LogP) is 3.95. The standard InChI is InChI=1S/C11H15ClO2S2/c1-4-11(2,3)15-16(13,14)10-8-6-5-7-9(10)12/h5-8H,4H2,1-3H3. The predicted molar refractivity (Wildman–Crippen MR) is 70.6 cm³/mol. The van der Waals surface area contributed by atoms with Crippen LogP contribution in [-0.4, -0.2) is 13.2 Å². The zero-order chi connectivity index (χ0) is 12.4. The minimum absolute atomic E-state index is 0.197. The Labute approximate surface area is 106 Å². The molecule has 90 valence electrons. The van der Waals surface area contributed by atoms with Gasteiger partial charge in [0.1, 0.15) is 0 Å². The fraction of sp³-hybridized carbons (Fsp3) is 0.455. The number of benzene rings is 1. The van der Waals surface area contributed by atoms with Gasteiger partial charge in [-0.25, -0.2) is 8.42 Å². The molecule has 1 aromatic rings. The topological polar surface area (TPSA) is 34.1 Å². The lowest BCUT2D eigenvalue weighted by Gasteiger charge is -2.21. The van der Waals surface area contributed by atoms with Crippen molar-refractivity contribution in [2.75, 3.05) is 0 Å². The summed E-state index contributed by atoms with van der Waals surface area (Å²) >= 11 is 5.89. The molecule has 0 aliphatic rings. The summed E-state index contributed by atoms with van der Waals surface area (Å²) in [6.07, 6.45) is 0.779. The van der Waals surface area contributed by atoms with Gasteiger partial charge in [0, 0.05) is 4.75 Å². The molecule has 0 atom stereocenters. The molecule has 0 amide bonds. The van der Waals surface area contributed by atoms with Gasteiger partial charge in [-0.1, -0.05) is 30.7 Å². The molecule has 0 aliphatic heterocycles. The largest absolute Gasteiger partial charge is 0.231 e. The van der Waals surface area contributed by atoms with Crippen LogP contribution in [-0.2, 0) is 8.87 Å². The Morgan fingerprint density at radius 1 is 1.31 bits per heavy atom. The average molecular weight is 279 g/mol. The first-order valence-corrected chi connectivity index (χ1v) is 8.18. The molecular weight excluding hydrogens is 264 g/mol. The fourth-order valence-electron chi connectivity index (χ4n) is 1.05. The van der Waals surface area contributed by atoms with Crippen molar-refractivity contribution in [3.05, 3.63) is 29.3 Å². The first kappa shape index (κ1) is 13.9. The van der Waals surface area contributed by atoms with E-state index in [1.807, 2.05) is 20.8 Å². The highest BCUT2D eigenvalue weighted by atomic mass is 35.5. The van der Waals surface area contributed by atoms with Crippen LogP contribution in [0.25, 0.3) is 0 Å². The molecule has 0 spiro atoms. The third kappa shape index (κ3) is 3.40. The van der Waals surface area contributed by atoms with E-state index in [4.69, 9.17) is 11.6 Å². The summed E-state index contributed by atoms with van der Waals surface area (Å²) in [5.41, 5.74) is 0. The van der Waals surface area contributed by atoms with E-state index in [2.05, 4.69) is 0 Å². The minimum atomic E-state index is -3.38. The quantitative estimate of drug-likeness (QED) is 0.782. The highest BCUT2D eigenvalue weighted by Crippen LogP contribution is 2.38. The second kappa shape index (κ2) is 4.98. The molecule has 1 aromatic carbocycles. The van der Waals surface area contributed by atoms with Crippen molar-refractivity contribution in [3.63, 3.8) is 0 Å². The monoisotopic (exact) mass is 278 g/mol. The van der Waals surface area contributed by atoms with Crippen LogP contribution in [0.5, 0.6) is 0 Å². The highest BCUT2D eigenvalue weighted by Gasteiger charge is 2.28. The van der Waals surface area contributed by atoms with Crippen LogP contribution >= 0.6 is 22.4 Å². The summed E-state index contributed by atoms with van der Waals surface area (Å²) in [7, 11) is -2.42. The summed E-state index contributed by atoms with van der Waals surface area (Å²) in [6, 6.07) is 6.53. The average Bonchev–Trinajstić information content (AvgIpc) is 2.16. The van der Waals surface area contributed by atoms with E-state index in [-0.39, 0.29) is 14.7 Å². The van der Waals surface area contributed by atoms with Crippen molar-refractivity contribution in [1.29, 1.82) is 0 Å². The van der Waals surface area contributed by atoms with Crippen LogP contribution in [0.4, 0.5) is 0 Å². The summed E-state index contributed by atoms with van der Waals surface area (Å²) in [5.74, 6) is 0. The van der Waals surface area contributed by atoms with E-state index in [9.17, 15) is 8.42 Å². The zero-order valence-electron chi connectivity index (χ0n) is 9.53. The lowest BCUT2D eigenvalue weighted by Crippen LogP contribution is -2.16. The van der Waals surface area contributed by atoms with Gasteiger partial charge in [-0.05, 0) is 43.2 Å². The molecule has 0 bridgehead atoms. The maximum atomic E-state index is 12.1. The normalized spacial score (nSPS) is 12.8. The van der Waals surface area contributed by atoms with Crippen LogP contribution in [0.2, 0.25) is 5.02 Å². The van der Waals surface area contributed by atoms with Gasteiger partial charge in [0.2, 0.25) is 8.87 Å². The molecule has 0 radical (unpaired) electrons. The Bertz CT molecular complexity index is 467. The van der Waals surface area contributed by atoms with Gasteiger partial charge in [-0.2, -0.15) is 0 Å². The number of hydrogen-bond donors (Lipinski definition) is 0. The molecular formula is C11H15ClO2S2. The summed E-state index contributed by atoms with van der Waals surface area (Å²) < 4.78 is 23.9. The van der Waals surface area contributed by atoms with Crippen LogP contribution in [0.1, 0.15) is 27.2 Å². The van der Waals surface area contributed by atoms with Gasteiger partial charge in [0.15, 0.2) is 0 Å². The Morgan fingerprint density at radius 2 is 1.88 bits per heavy atom. The molecule has 2 nitrogen and oxygen atoms in total. The molecule has 5 heteroatoms. The van der Waals surface area contributed by atoms with Crippen molar-refractivity contribution < 1.29 is 8.42 Å². The van der Waals surface area contributed by atoms with E-state index in [0.717, 1.165) is 17.2 Å². The molecule has 0 aliphatic carbocycles. The van der Waals surface area contributed by atoms with Crippen LogP contribution in [0, 0.1) is 0 Å². The Hall–Kier alpha value is -0.190. The molecule has 0 fully saturated rings. The molecule has 1 rings (SSSR count). The van der Waals surface area contributed by atoms with Crippen LogP contribution in [0.3, 0.4) is 0 Å². The SMILES string of the molecule is CCC(C)(C)SS(=O)(=O)c1ccccc1Cl. The molecule has 0 saturated carbocycles. The second-order valence-electron chi connectivity index (χ2n) is 4.08. The first-order valence-electron chi connectivity index (χ1n) is 4.99. The lowest BCUT2D eigenvalue weighted by molar-refractivity contribution is 0.608. The molecule has 16 heavy (non-hydrogen) atoms. The number of hydrogen-bond acceptors (Lipinski definition) is 3. The third-order valence-corrected chi connectivity index (χ3v) is 7.14. The highest BCUT2D eigenvalue weighted by molar-refractivity contribution is 8.72. The van der Waals surface area contributed by atoms with Crippen molar-refractivity contribution in [2.24, 2.45) is 0 Å². The van der Waals surface area contributed by atoms with Gasteiger partial charge in [-0.3, -0.25) is 0 Å². The Morgan fingerprint density at radius 3 is 2.38 bits per heavy atom. The molecule has 0 heterocycles. The summed E-state index contributed by atoms with van der Waals surface area (Å²) in [5, 5.41) is 0.280. The third-order valence-electron chi connectivity index (χ3n) is 2.29. The van der Waals surface area contributed by atoms with Gasteiger partial charge >= 0.3 is 0 Å². The molecule has 0 N–H and O–H groups in total. The van der Waals surface area contributed by atoms with Gasteiger partial charge in [0.25, 0.3) is 0 Å². The fourth-order valence-corrected chi connectivity index (χ4v) is 5.82. The minimum Gasteiger partial charge on any atom is -0.212 e. The molecule has 0 unspecified atom stereocenters. The first-order chi connectivity index (χ1) is 7.28. The van der Waals surface area contributed by atoms with E-state index < -0.39 is 8.87 Å². The van der Waals surface area contributed by atoms with E-state index >= 15 is 0 Å². The molecule has 0 aromatic heterocycles. The zero-order valence-corrected chi connectivity index (χ0v) is 11.9. The second-order valence-corrected chi connectivity index (χ2v) is 8.92.